The summed E-state index contributed by atoms with van der Waals surface area (Å²) >= 11 is 0. The largest absolute Gasteiger partial charge is 0.337 e. The van der Waals surface area contributed by atoms with Crippen LogP contribution in [0.1, 0.15) is 56.6 Å². The highest BCUT2D eigenvalue weighted by Crippen LogP contribution is 2.54. The van der Waals surface area contributed by atoms with Crippen molar-refractivity contribution >= 4 is 17.4 Å². The van der Waals surface area contributed by atoms with Crippen LogP contribution >= 0.6 is 0 Å². The Morgan fingerprint density at radius 1 is 1.27 bits per heavy atom. The maximum atomic E-state index is 13.4. The van der Waals surface area contributed by atoms with Gasteiger partial charge in [0.2, 0.25) is 11.8 Å². The molecule has 0 bridgehead atoms. The van der Waals surface area contributed by atoms with E-state index in [-0.39, 0.29) is 11.3 Å². The third-order valence-electron chi connectivity index (χ3n) is 7.20. The zero-order chi connectivity index (χ0) is 21.5. The van der Waals surface area contributed by atoms with E-state index in [0.29, 0.717) is 25.4 Å². The molecule has 4 rings (SSSR count). The van der Waals surface area contributed by atoms with Crippen LogP contribution in [-0.2, 0) is 9.59 Å². The molecule has 2 amide bonds. The van der Waals surface area contributed by atoms with Crippen molar-refractivity contribution < 1.29 is 14.8 Å². The fourth-order valence-electron chi connectivity index (χ4n) is 5.21. The average molecular weight is 412 g/mol. The molecular formula is C24H33N3O3. The summed E-state index contributed by atoms with van der Waals surface area (Å²) in [5.74, 6) is -0.465. The van der Waals surface area contributed by atoms with E-state index in [1.165, 1.54) is 16.7 Å². The van der Waals surface area contributed by atoms with Gasteiger partial charge in [-0.1, -0.05) is 44.2 Å². The Balaban J connectivity index is 1.49. The number of rotatable bonds is 4. The minimum absolute atomic E-state index is 0.00664. The van der Waals surface area contributed by atoms with Gasteiger partial charge in [0.1, 0.15) is 6.04 Å². The van der Waals surface area contributed by atoms with Crippen LogP contribution in [0, 0.1) is 11.3 Å². The minimum Gasteiger partial charge on any atom is -0.337 e. The van der Waals surface area contributed by atoms with E-state index < -0.39 is 17.9 Å². The number of nitrogens with one attached hydrogen (secondary N) is 1. The van der Waals surface area contributed by atoms with Crippen molar-refractivity contribution in [1.82, 2.24) is 15.3 Å². The molecule has 2 heterocycles. The molecule has 0 aromatic heterocycles. The van der Waals surface area contributed by atoms with Crippen molar-refractivity contribution in [3.05, 3.63) is 41.5 Å². The molecular weight excluding hydrogens is 378 g/mol. The number of benzene rings is 1. The van der Waals surface area contributed by atoms with Crippen molar-refractivity contribution in [3.63, 3.8) is 0 Å². The Kier molecular flexibility index (Phi) is 5.73. The summed E-state index contributed by atoms with van der Waals surface area (Å²) in [4.78, 5) is 29.7. The SMILES string of the molecule is CC(C)c1cccc(C2=CCN(C(=O)C3C(C(=O)NO)CC4(CC4)CN3C)CC2)c1. The molecule has 0 radical (unpaired) electrons. The topological polar surface area (TPSA) is 72.9 Å². The van der Waals surface area contributed by atoms with Crippen molar-refractivity contribution in [2.45, 2.75) is 51.5 Å². The second kappa shape index (κ2) is 8.16. The molecule has 162 valence electrons. The van der Waals surface area contributed by atoms with Crippen LogP contribution in [0.25, 0.3) is 5.57 Å². The number of likely N-dealkylation sites (N-methyl/N-ethyl adjacent to an activating group) is 1. The minimum atomic E-state index is -0.511. The number of hydrogen-bond donors (Lipinski definition) is 2. The number of likely N-dealkylation sites (tertiary alicyclic amines) is 1. The molecule has 2 N–H and O–H groups in total. The number of piperidine rings is 1. The summed E-state index contributed by atoms with van der Waals surface area (Å²) in [6.45, 7) is 6.44. The van der Waals surface area contributed by atoms with Crippen LogP contribution in [0.2, 0.25) is 0 Å². The molecule has 2 fully saturated rings. The van der Waals surface area contributed by atoms with E-state index in [1.807, 2.05) is 16.8 Å². The highest BCUT2D eigenvalue weighted by atomic mass is 16.5. The Morgan fingerprint density at radius 3 is 2.63 bits per heavy atom. The standard InChI is InChI=1S/C24H33N3O3/c1-16(2)18-5-4-6-19(13-18)17-7-11-27(12-8-17)23(29)21-20(22(28)25-30)14-24(9-10-24)15-26(21)3/h4-7,13,16,20-21,30H,8-12,14-15H2,1-3H3,(H,25,28). The number of carbonyl (C=O) groups is 2. The second-order valence-corrected chi connectivity index (χ2v) is 9.69. The van der Waals surface area contributed by atoms with Gasteiger partial charge in [0.25, 0.3) is 0 Å². The summed E-state index contributed by atoms with van der Waals surface area (Å²) in [5.41, 5.74) is 5.79. The number of hydrogen-bond acceptors (Lipinski definition) is 4. The van der Waals surface area contributed by atoms with E-state index in [1.54, 1.807) is 5.48 Å². The van der Waals surface area contributed by atoms with Gasteiger partial charge >= 0.3 is 0 Å². The highest BCUT2D eigenvalue weighted by molar-refractivity contribution is 5.90. The molecule has 1 aromatic carbocycles. The zero-order valence-corrected chi connectivity index (χ0v) is 18.2. The Labute approximate surface area is 178 Å². The summed E-state index contributed by atoms with van der Waals surface area (Å²) in [5, 5.41) is 9.24. The van der Waals surface area contributed by atoms with Crippen molar-refractivity contribution in [2.24, 2.45) is 11.3 Å². The van der Waals surface area contributed by atoms with Gasteiger partial charge in [0.05, 0.1) is 5.92 Å². The Morgan fingerprint density at radius 2 is 2.03 bits per heavy atom. The Hall–Kier alpha value is -2.18. The van der Waals surface area contributed by atoms with E-state index in [9.17, 15) is 14.8 Å². The molecule has 3 aliphatic rings. The smallest absolute Gasteiger partial charge is 0.248 e. The second-order valence-electron chi connectivity index (χ2n) is 9.69. The average Bonchev–Trinajstić information content (AvgIpc) is 3.50. The molecule has 1 aromatic rings. The summed E-state index contributed by atoms with van der Waals surface area (Å²) in [7, 11) is 1.93. The molecule has 6 nitrogen and oxygen atoms in total. The fourth-order valence-corrected chi connectivity index (χ4v) is 5.21. The normalized spacial score (nSPS) is 25.9. The third kappa shape index (κ3) is 4.03. The lowest BCUT2D eigenvalue weighted by molar-refractivity contribution is -0.150. The van der Waals surface area contributed by atoms with Gasteiger partial charge in [-0.3, -0.25) is 19.7 Å². The number of amides is 2. The van der Waals surface area contributed by atoms with E-state index in [4.69, 9.17) is 0 Å². The zero-order valence-electron chi connectivity index (χ0n) is 18.2. The third-order valence-corrected chi connectivity index (χ3v) is 7.20. The van der Waals surface area contributed by atoms with Crippen LogP contribution in [0.3, 0.4) is 0 Å². The Bertz CT molecular complexity index is 859. The highest BCUT2D eigenvalue weighted by Gasteiger charge is 2.55. The van der Waals surface area contributed by atoms with E-state index in [2.05, 4.69) is 44.2 Å². The lowest BCUT2D eigenvalue weighted by Gasteiger charge is -2.43. The van der Waals surface area contributed by atoms with Crippen molar-refractivity contribution in [3.8, 4) is 0 Å². The predicted octanol–water partition coefficient (Wildman–Crippen LogP) is 3.03. The van der Waals surface area contributed by atoms with Gasteiger partial charge in [-0.05, 0) is 60.8 Å². The van der Waals surface area contributed by atoms with E-state index in [0.717, 1.165) is 25.8 Å². The number of carbonyl (C=O) groups excluding carboxylic acids is 2. The first kappa shape index (κ1) is 21.1. The molecule has 2 unspecified atom stereocenters. The maximum absolute atomic E-state index is 13.4. The summed E-state index contributed by atoms with van der Waals surface area (Å²) in [6.07, 6.45) is 5.83. The molecule has 6 heteroatoms. The van der Waals surface area contributed by atoms with Crippen molar-refractivity contribution in [2.75, 3.05) is 26.7 Å². The molecule has 2 aliphatic heterocycles. The monoisotopic (exact) mass is 411 g/mol. The van der Waals surface area contributed by atoms with Crippen LogP contribution in [0.15, 0.2) is 30.3 Å². The summed E-state index contributed by atoms with van der Waals surface area (Å²) in [6, 6.07) is 8.14. The van der Waals surface area contributed by atoms with Gasteiger partial charge in [-0.2, -0.15) is 0 Å². The molecule has 1 aliphatic carbocycles. The molecule has 2 atom stereocenters. The maximum Gasteiger partial charge on any atom is 0.248 e. The quantitative estimate of drug-likeness (QED) is 0.590. The van der Waals surface area contributed by atoms with Gasteiger partial charge in [-0.25, -0.2) is 5.48 Å². The summed E-state index contributed by atoms with van der Waals surface area (Å²) < 4.78 is 0. The molecule has 30 heavy (non-hydrogen) atoms. The number of nitrogens with zero attached hydrogens (tertiary/aromatic N) is 2. The first-order valence-corrected chi connectivity index (χ1v) is 11.1. The van der Waals surface area contributed by atoms with Gasteiger partial charge in [-0.15, -0.1) is 0 Å². The van der Waals surface area contributed by atoms with Gasteiger partial charge in [0.15, 0.2) is 0 Å². The first-order chi connectivity index (χ1) is 14.3. The predicted molar refractivity (Wildman–Crippen MR) is 116 cm³/mol. The fraction of sp³-hybridized carbons (Fsp3) is 0.583. The number of hydroxylamine groups is 1. The van der Waals surface area contributed by atoms with Crippen LogP contribution < -0.4 is 5.48 Å². The van der Waals surface area contributed by atoms with Gasteiger partial charge < -0.3 is 4.90 Å². The van der Waals surface area contributed by atoms with Crippen LogP contribution in [-0.4, -0.2) is 59.5 Å². The molecule has 1 saturated carbocycles. The molecule has 1 saturated heterocycles. The van der Waals surface area contributed by atoms with Crippen LogP contribution in [0.5, 0.6) is 0 Å². The van der Waals surface area contributed by atoms with Crippen molar-refractivity contribution in [1.29, 1.82) is 0 Å². The van der Waals surface area contributed by atoms with Gasteiger partial charge in [0, 0.05) is 19.6 Å². The lowest BCUT2D eigenvalue weighted by Crippen LogP contribution is -2.59. The first-order valence-electron chi connectivity index (χ1n) is 11.1. The molecule has 1 spiro atoms. The van der Waals surface area contributed by atoms with E-state index >= 15 is 0 Å². The lowest BCUT2D eigenvalue weighted by atomic mass is 9.80. The van der Waals surface area contributed by atoms with Crippen LogP contribution in [0.4, 0.5) is 0 Å².